The molecule has 0 aromatic carbocycles. The summed E-state index contributed by atoms with van der Waals surface area (Å²) >= 11 is 0. The standard InChI is InChI=1S/C10H18N2O/c1-8(13)7-12-6-5-9(11-12)10(2,3)4/h5-6,8,13H,7H2,1-4H3/t8-/m0/s1. The molecular formula is C10H18N2O. The Balaban J connectivity index is 2.75. The van der Waals surface area contributed by atoms with Crippen molar-refractivity contribution < 1.29 is 5.11 Å². The van der Waals surface area contributed by atoms with Crippen molar-refractivity contribution in [3.05, 3.63) is 18.0 Å². The lowest BCUT2D eigenvalue weighted by Gasteiger charge is -2.14. The summed E-state index contributed by atoms with van der Waals surface area (Å²) in [5, 5.41) is 13.5. The Bertz CT molecular complexity index is 271. The van der Waals surface area contributed by atoms with Crippen LogP contribution >= 0.6 is 0 Å². The van der Waals surface area contributed by atoms with Crippen molar-refractivity contribution in [3.63, 3.8) is 0 Å². The van der Waals surface area contributed by atoms with Crippen LogP contribution in [0.1, 0.15) is 33.4 Å². The minimum atomic E-state index is -0.340. The van der Waals surface area contributed by atoms with Gasteiger partial charge in [-0.15, -0.1) is 0 Å². The van der Waals surface area contributed by atoms with E-state index in [4.69, 9.17) is 5.11 Å². The first kappa shape index (κ1) is 10.3. The van der Waals surface area contributed by atoms with Crippen LogP contribution in [0.5, 0.6) is 0 Å². The monoisotopic (exact) mass is 182 g/mol. The highest BCUT2D eigenvalue weighted by Crippen LogP contribution is 2.19. The summed E-state index contributed by atoms with van der Waals surface area (Å²) in [6.45, 7) is 8.71. The fraction of sp³-hybridized carbons (Fsp3) is 0.700. The molecule has 1 heterocycles. The maximum atomic E-state index is 9.16. The van der Waals surface area contributed by atoms with Gasteiger partial charge in [-0.3, -0.25) is 4.68 Å². The second-order valence-electron chi connectivity index (χ2n) is 4.52. The summed E-state index contributed by atoms with van der Waals surface area (Å²) < 4.78 is 1.78. The van der Waals surface area contributed by atoms with E-state index in [0.717, 1.165) is 5.69 Å². The highest BCUT2D eigenvalue weighted by Gasteiger charge is 2.16. The molecule has 1 atom stereocenters. The molecule has 0 aliphatic rings. The van der Waals surface area contributed by atoms with E-state index < -0.39 is 0 Å². The third-order valence-electron chi connectivity index (χ3n) is 1.86. The molecule has 13 heavy (non-hydrogen) atoms. The van der Waals surface area contributed by atoms with Gasteiger partial charge in [-0.25, -0.2) is 0 Å². The number of hydrogen-bond donors (Lipinski definition) is 1. The minimum Gasteiger partial charge on any atom is -0.391 e. The van der Waals surface area contributed by atoms with E-state index in [0.29, 0.717) is 6.54 Å². The van der Waals surface area contributed by atoms with E-state index in [1.807, 2.05) is 12.3 Å². The molecule has 1 aromatic rings. The lowest BCUT2D eigenvalue weighted by atomic mass is 9.93. The third-order valence-corrected chi connectivity index (χ3v) is 1.86. The maximum Gasteiger partial charge on any atom is 0.0708 e. The largest absolute Gasteiger partial charge is 0.391 e. The van der Waals surface area contributed by atoms with Crippen LogP contribution < -0.4 is 0 Å². The van der Waals surface area contributed by atoms with E-state index in [9.17, 15) is 0 Å². The third kappa shape index (κ3) is 2.84. The molecule has 1 aromatic heterocycles. The van der Waals surface area contributed by atoms with Crippen LogP contribution in [-0.2, 0) is 12.0 Å². The van der Waals surface area contributed by atoms with Crippen molar-refractivity contribution in [1.82, 2.24) is 9.78 Å². The van der Waals surface area contributed by atoms with E-state index in [1.165, 1.54) is 0 Å². The Morgan fingerprint density at radius 2 is 2.15 bits per heavy atom. The lowest BCUT2D eigenvalue weighted by molar-refractivity contribution is 0.168. The molecule has 3 heteroatoms. The first-order valence-corrected chi connectivity index (χ1v) is 4.61. The summed E-state index contributed by atoms with van der Waals surface area (Å²) in [7, 11) is 0. The molecule has 74 valence electrons. The van der Waals surface area contributed by atoms with Crippen molar-refractivity contribution in [3.8, 4) is 0 Å². The highest BCUT2D eigenvalue weighted by molar-refractivity contribution is 5.10. The van der Waals surface area contributed by atoms with Crippen molar-refractivity contribution in [2.24, 2.45) is 0 Å². The number of aliphatic hydroxyl groups is 1. The van der Waals surface area contributed by atoms with Crippen LogP contribution in [0.4, 0.5) is 0 Å². The fourth-order valence-corrected chi connectivity index (χ4v) is 1.13. The minimum absolute atomic E-state index is 0.0872. The van der Waals surface area contributed by atoms with Crippen LogP contribution in [-0.4, -0.2) is 21.0 Å². The molecule has 3 nitrogen and oxygen atoms in total. The van der Waals surface area contributed by atoms with Crippen molar-refractivity contribution >= 4 is 0 Å². The molecule has 1 N–H and O–H groups in total. The predicted octanol–water partition coefficient (Wildman–Crippen LogP) is 1.56. The SMILES string of the molecule is C[C@H](O)Cn1ccc(C(C)(C)C)n1. The summed E-state index contributed by atoms with van der Waals surface area (Å²) in [6.07, 6.45) is 1.57. The Morgan fingerprint density at radius 3 is 2.54 bits per heavy atom. The van der Waals surface area contributed by atoms with E-state index in [1.54, 1.807) is 11.6 Å². The molecule has 0 saturated carbocycles. The molecule has 0 radical (unpaired) electrons. The molecule has 0 amide bonds. The van der Waals surface area contributed by atoms with E-state index in [2.05, 4.69) is 25.9 Å². The number of rotatable bonds is 2. The van der Waals surface area contributed by atoms with Crippen LogP contribution in [0.2, 0.25) is 0 Å². The molecule has 0 aliphatic heterocycles. The second-order valence-corrected chi connectivity index (χ2v) is 4.52. The molecule has 0 spiro atoms. The van der Waals surface area contributed by atoms with Gasteiger partial charge in [0.25, 0.3) is 0 Å². The molecule has 0 saturated heterocycles. The Kier molecular flexibility index (Phi) is 2.76. The van der Waals surface area contributed by atoms with Crippen LogP contribution in [0, 0.1) is 0 Å². The Morgan fingerprint density at radius 1 is 1.54 bits per heavy atom. The van der Waals surface area contributed by atoms with Crippen molar-refractivity contribution in [2.75, 3.05) is 0 Å². The van der Waals surface area contributed by atoms with Gasteiger partial charge in [0.1, 0.15) is 0 Å². The molecule has 0 aliphatic carbocycles. The van der Waals surface area contributed by atoms with Crippen LogP contribution in [0.25, 0.3) is 0 Å². The zero-order valence-corrected chi connectivity index (χ0v) is 8.78. The van der Waals surface area contributed by atoms with E-state index >= 15 is 0 Å². The van der Waals surface area contributed by atoms with Gasteiger partial charge >= 0.3 is 0 Å². The summed E-state index contributed by atoms with van der Waals surface area (Å²) in [4.78, 5) is 0. The van der Waals surface area contributed by atoms with Gasteiger partial charge in [-0.1, -0.05) is 20.8 Å². The quantitative estimate of drug-likeness (QED) is 0.753. The fourth-order valence-electron chi connectivity index (χ4n) is 1.13. The number of hydrogen-bond acceptors (Lipinski definition) is 2. The van der Waals surface area contributed by atoms with Gasteiger partial charge in [-0.2, -0.15) is 5.10 Å². The second kappa shape index (κ2) is 3.50. The van der Waals surface area contributed by atoms with Gasteiger partial charge in [-0.05, 0) is 13.0 Å². The van der Waals surface area contributed by atoms with Crippen molar-refractivity contribution in [1.29, 1.82) is 0 Å². The van der Waals surface area contributed by atoms with Crippen LogP contribution in [0.3, 0.4) is 0 Å². The van der Waals surface area contributed by atoms with Crippen molar-refractivity contribution in [2.45, 2.75) is 45.8 Å². The van der Waals surface area contributed by atoms with Gasteiger partial charge < -0.3 is 5.11 Å². The summed E-state index contributed by atoms with van der Waals surface area (Å²) in [5.41, 5.74) is 1.15. The summed E-state index contributed by atoms with van der Waals surface area (Å²) in [6, 6.07) is 2.00. The average molecular weight is 182 g/mol. The van der Waals surface area contributed by atoms with Gasteiger partial charge in [0.15, 0.2) is 0 Å². The highest BCUT2D eigenvalue weighted by atomic mass is 16.3. The number of aromatic nitrogens is 2. The molecular weight excluding hydrogens is 164 g/mol. The summed E-state index contributed by atoms with van der Waals surface area (Å²) in [5.74, 6) is 0. The van der Waals surface area contributed by atoms with E-state index in [-0.39, 0.29) is 11.5 Å². The Hall–Kier alpha value is -0.830. The number of aliphatic hydroxyl groups excluding tert-OH is 1. The maximum absolute atomic E-state index is 9.16. The normalized spacial score (nSPS) is 14.5. The first-order chi connectivity index (χ1) is 5.89. The Labute approximate surface area is 79.4 Å². The topological polar surface area (TPSA) is 38.0 Å². The zero-order chi connectivity index (χ0) is 10.1. The molecule has 1 rings (SSSR count). The number of nitrogens with zero attached hydrogens (tertiary/aromatic N) is 2. The smallest absolute Gasteiger partial charge is 0.0708 e. The molecule has 0 unspecified atom stereocenters. The average Bonchev–Trinajstić information content (AvgIpc) is 2.32. The first-order valence-electron chi connectivity index (χ1n) is 4.61. The van der Waals surface area contributed by atoms with Gasteiger partial charge in [0, 0.05) is 11.6 Å². The lowest BCUT2D eigenvalue weighted by Crippen LogP contribution is -2.16. The van der Waals surface area contributed by atoms with Gasteiger partial charge in [0.2, 0.25) is 0 Å². The predicted molar refractivity (Wildman–Crippen MR) is 52.6 cm³/mol. The molecule has 0 fully saturated rings. The zero-order valence-electron chi connectivity index (χ0n) is 8.78. The van der Waals surface area contributed by atoms with Crippen LogP contribution in [0.15, 0.2) is 12.3 Å². The van der Waals surface area contributed by atoms with Gasteiger partial charge in [0.05, 0.1) is 18.3 Å². The molecule has 0 bridgehead atoms.